The van der Waals surface area contributed by atoms with Crippen LogP contribution in [0.5, 0.6) is 34.5 Å². The van der Waals surface area contributed by atoms with E-state index in [0.29, 0.717) is 0 Å². The van der Waals surface area contributed by atoms with Gasteiger partial charge in [-0.3, -0.25) is 0 Å². The third-order valence-electron chi connectivity index (χ3n) is 5.14. The predicted octanol–water partition coefficient (Wildman–Crippen LogP) is 7.54. The highest BCUT2D eigenvalue weighted by molar-refractivity contribution is 6.13. The van der Waals surface area contributed by atoms with Gasteiger partial charge in [0.2, 0.25) is 0 Å². The Bertz CT molecular complexity index is 1720. The van der Waals surface area contributed by atoms with Crippen LogP contribution in [0.3, 0.4) is 0 Å². The highest BCUT2D eigenvalue weighted by Gasteiger charge is 2.52. The zero-order chi connectivity index (χ0) is 42.5. The number of alkyl halides is 18. The summed E-state index contributed by atoms with van der Waals surface area (Å²) >= 11 is 0. The number of rotatable bonds is 11. The van der Waals surface area contributed by atoms with Gasteiger partial charge in [0, 0.05) is 0 Å². The summed E-state index contributed by atoms with van der Waals surface area (Å²) < 4.78 is 262. The van der Waals surface area contributed by atoms with E-state index >= 15 is 0 Å². The Kier molecular flexibility index (Phi) is 11.4. The maximum absolute atomic E-state index is 13.7. The Morgan fingerprint density at radius 2 is 0.444 bits per heavy atom. The fourth-order valence-electron chi connectivity index (χ4n) is 3.92. The predicted molar refractivity (Wildman–Crippen MR) is 120 cm³/mol. The summed E-state index contributed by atoms with van der Waals surface area (Å²) in [5.41, 5.74) is -20.1. The molecule has 0 unspecified atom stereocenters. The molecule has 54 heavy (non-hydrogen) atoms. The monoisotopic (exact) mass is 834 g/mol. The van der Waals surface area contributed by atoms with Crippen molar-refractivity contribution >= 4 is 23.9 Å². The second-order valence-corrected chi connectivity index (χ2v) is 8.73. The summed E-state index contributed by atoms with van der Waals surface area (Å²) in [6.07, 6.45) is -41.1. The average molecular weight is 834 g/mol. The molecule has 14 nitrogen and oxygen atoms in total. The van der Waals surface area contributed by atoms with Crippen molar-refractivity contribution in [3.05, 3.63) is 22.3 Å². The van der Waals surface area contributed by atoms with Gasteiger partial charge in [-0.2, -0.15) is 0 Å². The fraction of sp³-hybridized carbons (Fsp3) is 0.273. The molecule has 0 spiro atoms. The molecule has 0 fully saturated rings. The van der Waals surface area contributed by atoms with Crippen LogP contribution >= 0.6 is 0 Å². The summed E-state index contributed by atoms with van der Waals surface area (Å²) in [6, 6.07) is 0. The van der Waals surface area contributed by atoms with E-state index < -0.39 is 130 Å². The van der Waals surface area contributed by atoms with Gasteiger partial charge in [0.1, 0.15) is 22.3 Å². The minimum atomic E-state index is -6.94. The Labute approximate surface area is 278 Å². The van der Waals surface area contributed by atoms with E-state index in [2.05, 4.69) is 28.4 Å². The van der Waals surface area contributed by atoms with E-state index in [9.17, 15) is 119 Å². The third-order valence-corrected chi connectivity index (χ3v) is 5.14. The SMILES string of the molecule is O=C(O)c1c(OC(F)(F)F)c(OC(F)(F)F)c(-c2c(OC(F)(F)F)c(OC(F)(F)F)c(C(=O)O)c(C(=O)O)c2OC(F)(F)F)c(OC(F)(F)F)c1C(=O)O. The zero-order valence-corrected chi connectivity index (χ0v) is 23.7. The number of hydrogen-bond acceptors (Lipinski definition) is 10. The highest BCUT2D eigenvalue weighted by Crippen LogP contribution is 2.61. The van der Waals surface area contributed by atoms with Gasteiger partial charge in [-0.1, -0.05) is 0 Å². The molecule has 0 heterocycles. The van der Waals surface area contributed by atoms with Crippen LogP contribution < -0.4 is 28.4 Å². The second kappa shape index (κ2) is 14.0. The smallest absolute Gasteiger partial charge is 0.478 e. The molecule has 0 atom stereocenters. The van der Waals surface area contributed by atoms with E-state index in [1.807, 2.05) is 0 Å². The molecule has 2 rings (SSSR count). The van der Waals surface area contributed by atoms with Gasteiger partial charge in [-0.05, 0) is 0 Å². The van der Waals surface area contributed by atoms with E-state index in [-0.39, 0.29) is 0 Å². The van der Waals surface area contributed by atoms with Crippen LogP contribution in [0.4, 0.5) is 79.0 Å². The fourth-order valence-corrected chi connectivity index (χ4v) is 3.92. The largest absolute Gasteiger partial charge is 0.573 e. The lowest BCUT2D eigenvalue weighted by molar-refractivity contribution is -0.288. The first-order valence-electron chi connectivity index (χ1n) is 11.8. The Hall–Kier alpha value is -6.14. The number of carboxylic acids is 4. The van der Waals surface area contributed by atoms with Gasteiger partial charge >= 0.3 is 62.1 Å². The van der Waals surface area contributed by atoms with Gasteiger partial charge in [0.15, 0.2) is 34.5 Å². The normalized spacial score (nSPS) is 12.9. The molecule has 32 heteroatoms. The lowest BCUT2D eigenvalue weighted by Gasteiger charge is -2.28. The van der Waals surface area contributed by atoms with Crippen LogP contribution in [0, 0.1) is 0 Å². The number of aromatic carboxylic acids is 4. The van der Waals surface area contributed by atoms with E-state index in [0.717, 1.165) is 0 Å². The first kappa shape index (κ1) is 44.0. The molecule has 0 bridgehead atoms. The van der Waals surface area contributed by atoms with Crippen molar-refractivity contribution in [2.45, 2.75) is 38.2 Å². The molecular formula is C22H4F18O14. The van der Waals surface area contributed by atoms with Crippen molar-refractivity contribution in [3.63, 3.8) is 0 Å². The maximum Gasteiger partial charge on any atom is 0.573 e. The average Bonchev–Trinajstić information content (AvgIpc) is 2.86. The molecule has 0 aliphatic rings. The first-order valence-corrected chi connectivity index (χ1v) is 11.8. The summed E-state index contributed by atoms with van der Waals surface area (Å²) in [7, 11) is 0. The topological polar surface area (TPSA) is 205 Å². The van der Waals surface area contributed by atoms with Crippen LogP contribution in [0.15, 0.2) is 0 Å². The third kappa shape index (κ3) is 10.9. The van der Waals surface area contributed by atoms with Crippen molar-refractivity contribution in [3.8, 4) is 45.6 Å². The van der Waals surface area contributed by atoms with Crippen molar-refractivity contribution in [1.82, 2.24) is 0 Å². The first-order chi connectivity index (χ1) is 23.9. The molecule has 4 N–H and O–H groups in total. The van der Waals surface area contributed by atoms with E-state index in [1.54, 1.807) is 0 Å². The van der Waals surface area contributed by atoms with Crippen molar-refractivity contribution in [2.24, 2.45) is 0 Å². The van der Waals surface area contributed by atoms with Crippen LogP contribution in [-0.2, 0) is 0 Å². The van der Waals surface area contributed by atoms with Gasteiger partial charge in [0.25, 0.3) is 0 Å². The summed E-state index contributed by atoms with van der Waals surface area (Å²) in [5, 5.41) is 37.8. The number of ether oxygens (including phenoxy) is 6. The Morgan fingerprint density at radius 1 is 0.296 bits per heavy atom. The molecule has 0 saturated heterocycles. The quantitative estimate of drug-likeness (QED) is 0.162. The van der Waals surface area contributed by atoms with Crippen LogP contribution in [0.25, 0.3) is 11.1 Å². The van der Waals surface area contributed by atoms with Gasteiger partial charge in [-0.25, -0.2) is 19.2 Å². The Morgan fingerprint density at radius 3 is 0.611 bits per heavy atom. The van der Waals surface area contributed by atoms with Crippen molar-refractivity contribution in [1.29, 1.82) is 0 Å². The molecule has 302 valence electrons. The molecule has 0 aliphatic heterocycles. The maximum atomic E-state index is 13.7. The number of hydrogen-bond donors (Lipinski definition) is 4. The molecule has 0 aromatic heterocycles. The number of benzene rings is 2. The lowest BCUT2D eigenvalue weighted by Crippen LogP contribution is -2.29. The molecule has 2 aromatic carbocycles. The standard InChI is InChI=1S/C22H4F18O14/c23-17(24,25)49-7-1(9(51-19(29,30)31)11(53-21(35,36)37)5(15(45)46)3(7)13(41)42)2-8(50-18(26,27)28)4(14(43)44)6(16(47)48)12(54-22(38,39)40)10(2)52-20(32,33)34/h(H,41,42)(H,43,44)(H,45,46)(H,47,48). The molecular weight excluding hydrogens is 830 g/mol. The minimum Gasteiger partial charge on any atom is -0.478 e. The van der Waals surface area contributed by atoms with E-state index in [1.165, 1.54) is 0 Å². The summed E-state index contributed by atoms with van der Waals surface area (Å²) in [6.45, 7) is 0. The van der Waals surface area contributed by atoms with Crippen LogP contribution in [0.1, 0.15) is 41.4 Å². The second-order valence-electron chi connectivity index (χ2n) is 8.73. The molecule has 0 radical (unpaired) electrons. The van der Waals surface area contributed by atoms with Crippen molar-refractivity contribution < 1.29 is 147 Å². The van der Waals surface area contributed by atoms with Crippen LogP contribution in [-0.4, -0.2) is 82.5 Å². The van der Waals surface area contributed by atoms with E-state index in [4.69, 9.17) is 0 Å². The van der Waals surface area contributed by atoms with Gasteiger partial charge in [0.05, 0.1) is 11.1 Å². The molecule has 0 aliphatic carbocycles. The molecule has 0 amide bonds. The zero-order valence-electron chi connectivity index (χ0n) is 23.7. The highest BCUT2D eigenvalue weighted by atomic mass is 19.4. The van der Waals surface area contributed by atoms with Gasteiger partial charge in [-0.15, -0.1) is 79.0 Å². The summed E-state index contributed by atoms with van der Waals surface area (Å²) in [4.78, 5) is 47.9. The number of halogens is 18. The number of carboxylic acid groups (broad SMARTS) is 4. The Balaban J connectivity index is 4.01. The summed E-state index contributed by atoms with van der Waals surface area (Å²) in [5.74, 6) is -35.6. The molecule has 2 aromatic rings. The van der Waals surface area contributed by atoms with Crippen molar-refractivity contribution in [2.75, 3.05) is 0 Å². The van der Waals surface area contributed by atoms with Crippen LogP contribution in [0.2, 0.25) is 0 Å². The minimum absolute atomic E-state index is 2.89. The van der Waals surface area contributed by atoms with Gasteiger partial charge < -0.3 is 48.8 Å². The number of carbonyl (C=O) groups is 4. The molecule has 0 saturated carbocycles. The lowest BCUT2D eigenvalue weighted by atomic mass is 9.89.